The molecular weight excluding hydrogens is 292 g/mol. The van der Waals surface area contributed by atoms with Crippen molar-refractivity contribution in [3.8, 4) is 0 Å². The average Bonchev–Trinajstić information content (AvgIpc) is 3.02. The maximum absolute atomic E-state index is 11.8. The molecule has 4 atom stereocenters. The molecule has 1 aliphatic heterocycles. The summed E-state index contributed by atoms with van der Waals surface area (Å²) in [5, 5.41) is 22.9. The van der Waals surface area contributed by atoms with E-state index in [1.165, 1.54) is 10.9 Å². The molecule has 0 bridgehead atoms. The van der Waals surface area contributed by atoms with Gasteiger partial charge in [0.1, 0.15) is 6.10 Å². The fraction of sp³-hybridized carbons (Fsp3) is 0.583. The van der Waals surface area contributed by atoms with Gasteiger partial charge < -0.3 is 26.0 Å². The summed E-state index contributed by atoms with van der Waals surface area (Å²) >= 11 is 0. The zero-order valence-corrected chi connectivity index (χ0v) is 11.9. The van der Waals surface area contributed by atoms with Crippen molar-refractivity contribution in [1.29, 1.82) is 0 Å². The number of anilines is 1. The molecule has 0 aliphatic carbocycles. The number of hydrogen-bond acceptors (Lipinski definition) is 8. The van der Waals surface area contributed by atoms with Crippen LogP contribution in [0.1, 0.15) is 6.23 Å². The topological polar surface area (TPSA) is 151 Å². The summed E-state index contributed by atoms with van der Waals surface area (Å²) < 4.78 is 7.17. The molecule has 0 saturated carbocycles. The van der Waals surface area contributed by atoms with Crippen molar-refractivity contribution in [3.63, 3.8) is 0 Å². The van der Waals surface area contributed by atoms with E-state index in [-0.39, 0.29) is 29.6 Å². The molecule has 0 spiro atoms. The number of H-pyrrole nitrogens is 1. The molecule has 1 saturated heterocycles. The minimum atomic E-state index is -0.885. The summed E-state index contributed by atoms with van der Waals surface area (Å²) in [6.45, 7) is 0.258. The minimum absolute atomic E-state index is 0.0442. The summed E-state index contributed by atoms with van der Waals surface area (Å²) in [6, 6.07) is 0. The van der Waals surface area contributed by atoms with Gasteiger partial charge in [-0.25, -0.2) is 4.98 Å². The van der Waals surface area contributed by atoms with Gasteiger partial charge in [-0.05, 0) is 7.05 Å². The Bertz CT molecular complexity index is 728. The molecule has 0 amide bonds. The van der Waals surface area contributed by atoms with Crippen LogP contribution in [-0.4, -0.2) is 62.1 Å². The molecule has 22 heavy (non-hydrogen) atoms. The molecule has 10 nitrogen and oxygen atoms in total. The van der Waals surface area contributed by atoms with Gasteiger partial charge in [0.05, 0.1) is 19.0 Å². The lowest BCUT2D eigenvalue weighted by Gasteiger charge is -2.18. The van der Waals surface area contributed by atoms with Crippen LogP contribution in [0.25, 0.3) is 11.2 Å². The molecule has 0 radical (unpaired) electrons. The number of ether oxygens (including phenoxy) is 1. The Morgan fingerprint density at radius 3 is 3.05 bits per heavy atom. The van der Waals surface area contributed by atoms with Crippen molar-refractivity contribution in [2.24, 2.45) is 5.92 Å². The van der Waals surface area contributed by atoms with E-state index in [0.29, 0.717) is 6.54 Å². The highest BCUT2D eigenvalue weighted by atomic mass is 16.5. The molecule has 2 aromatic heterocycles. The molecule has 3 heterocycles. The van der Waals surface area contributed by atoms with Crippen LogP contribution in [0.5, 0.6) is 0 Å². The molecule has 10 heteroatoms. The van der Waals surface area contributed by atoms with E-state index >= 15 is 0 Å². The van der Waals surface area contributed by atoms with Crippen LogP contribution in [-0.2, 0) is 4.74 Å². The van der Waals surface area contributed by atoms with Crippen LogP contribution in [0.3, 0.4) is 0 Å². The fourth-order valence-corrected chi connectivity index (χ4v) is 2.82. The first-order chi connectivity index (χ1) is 10.6. The van der Waals surface area contributed by atoms with Gasteiger partial charge in [0.15, 0.2) is 17.4 Å². The van der Waals surface area contributed by atoms with Crippen LogP contribution in [0.15, 0.2) is 11.1 Å². The maximum Gasteiger partial charge on any atom is 0.280 e. The van der Waals surface area contributed by atoms with Gasteiger partial charge in [-0.15, -0.1) is 0 Å². The summed E-state index contributed by atoms with van der Waals surface area (Å²) in [4.78, 5) is 22.2. The van der Waals surface area contributed by atoms with Crippen LogP contribution in [0.2, 0.25) is 0 Å². The van der Waals surface area contributed by atoms with Crippen molar-refractivity contribution in [2.45, 2.75) is 18.4 Å². The number of imidazole rings is 1. The monoisotopic (exact) mass is 310 g/mol. The van der Waals surface area contributed by atoms with E-state index in [1.54, 1.807) is 7.05 Å². The molecule has 1 fully saturated rings. The molecular formula is C12H18N6O4. The molecule has 2 aromatic rings. The number of nitrogens with two attached hydrogens (primary N) is 1. The molecule has 120 valence electrons. The lowest BCUT2D eigenvalue weighted by molar-refractivity contribution is -0.0492. The van der Waals surface area contributed by atoms with Gasteiger partial charge in [0, 0.05) is 12.5 Å². The zero-order chi connectivity index (χ0) is 15.9. The lowest BCUT2D eigenvalue weighted by Crippen LogP contribution is -2.35. The number of fused-ring (bicyclic) bond motifs is 1. The van der Waals surface area contributed by atoms with Gasteiger partial charge in [-0.3, -0.25) is 14.3 Å². The predicted octanol–water partition coefficient (Wildman–Crippen LogP) is -2.21. The Morgan fingerprint density at radius 1 is 1.59 bits per heavy atom. The number of aromatic amines is 1. The number of nitrogen functional groups attached to an aromatic ring is 1. The molecule has 0 aromatic carbocycles. The smallest absolute Gasteiger partial charge is 0.280 e. The summed E-state index contributed by atoms with van der Waals surface area (Å²) in [7, 11) is 1.75. The Kier molecular flexibility index (Phi) is 3.83. The second-order valence-electron chi connectivity index (χ2n) is 5.24. The third kappa shape index (κ3) is 2.25. The van der Waals surface area contributed by atoms with E-state index in [1.807, 2.05) is 0 Å². The maximum atomic E-state index is 11.8. The first-order valence-electron chi connectivity index (χ1n) is 6.88. The SMILES string of the molecule is CNC[C@H]1[C@@H](O)[C@H](n2cnc3c(=O)[nH]c(N)nc32)O[C@@H]1CO. The Labute approximate surface area is 124 Å². The number of hydrogen-bond donors (Lipinski definition) is 5. The summed E-state index contributed by atoms with van der Waals surface area (Å²) in [6.07, 6.45) is -0.834. The number of nitrogens with one attached hydrogen (secondary N) is 2. The zero-order valence-electron chi connectivity index (χ0n) is 11.9. The second-order valence-corrected chi connectivity index (χ2v) is 5.24. The van der Waals surface area contributed by atoms with E-state index in [4.69, 9.17) is 10.5 Å². The van der Waals surface area contributed by atoms with Gasteiger partial charge >= 0.3 is 0 Å². The van der Waals surface area contributed by atoms with Crippen LogP contribution >= 0.6 is 0 Å². The quantitative estimate of drug-likeness (QED) is 0.426. The number of nitrogens with zero attached hydrogens (tertiary/aromatic N) is 3. The number of rotatable bonds is 4. The summed E-state index contributed by atoms with van der Waals surface area (Å²) in [5.41, 5.74) is 5.44. The summed E-state index contributed by atoms with van der Waals surface area (Å²) in [5.74, 6) is -0.339. The normalized spacial score (nSPS) is 28.5. The fourth-order valence-electron chi connectivity index (χ4n) is 2.82. The lowest BCUT2D eigenvalue weighted by atomic mass is 9.98. The third-order valence-corrected chi connectivity index (χ3v) is 3.87. The van der Waals surface area contributed by atoms with Crippen molar-refractivity contribution in [3.05, 3.63) is 16.7 Å². The van der Waals surface area contributed by atoms with E-state index in [9.17, 15) is 15.0 Å². The Hall–Kier alpha value is -2.01. The standard InChI is InChI=1S/C12H18N6O4/c1-14-2-5-6(3-19)22-11(8(5)20)18-4-15-7-9(18)16-12(13)17-10(7)21/h4-6,8,11,14,19-20H,2-3H2,1H3,(H3,13,16,17,21)/t5-,6-,8-,11-/m1/s1. The molecule has 6 N–H and O–H groups in total. The number of aliphatic hydroxyl groups excluding tert-OH is 2. The molecule has 0 unspecified atom stereocenters. The largest absolute Gasteiger partial charge is 0.394 e. The van der Waals surface area contributed by atoms with Gasteiger partial charge in [0.25, 0.3) is 5.56 Å². The minimum Gasteiger partial charge on any atom is -0.394 e. The van der Waals surface area contributed by atoms with E-state index in [2.05, 4.69) is 20.3 Å². The highest BCUT2D eigenvalue weighted by Crippen LogP contribution is 2.34. The predicted molar refractivity (Wildman–Crippen MR) is 77.0 cm³/mol. The van der Waals surface area contributed by atoms with Gasteiger partial charge in [-0.1, -0.05) is 0 Å². The highest BCUT2D eigenvalue weighted by Gasteiger charge is 2.44. The third-order valence-electron chi connectivity index (χ3n) is 3.87. The van der Waals surface area contributed by atoms with E-state index in [0.717, 1.165) is 0 Å². The number of aromatic nitrogens is 4. The molecule has 1 aliphatic rings. The molecule has 3 rings (SSSR count). The van der Waals surface area contributed by atoms with Crippen molar-refractivity contribution < 1.29 is 14.9 Å². The highest BCUT2D eigenvalue weighted by molar-refractivity contribution is 5.70. The Morgan fingerprint density at radius 2 is 2.36 bits per heavy atom. The first-order valence-corrected chi connectivity index (χ1v) is 6.88. The van der Waals surface area contributed by atoms with Gasteiger partial charge in [-0.2, -0.15) is 4.98 Å². The van der Waals surface area contributed by atoms with E-state index < -0.39 is 24.0 Å². The van der Waals surface area contributed by atoms with Crippen molar-refractivity contribution >= 4 is 17.1 Å². The van der Waals surface area contributed by atoms with Crippen molar-refractivity contribution in [2.75, 3.05) is 25.9 Å². The average molecular weight is 310 g/mol. The van der Waals surface area contributed by atoms with Crippen LogP contribution in [0, 0.1) is 5.92 Å². The second kappa shape index (κ2) is 5.65. The van der Waals surface area contributed by atoms with Crippen molar-refractivity contribution in [1.82, 2.24) is 24.8 Å². The van der Waals surface area contributed by atoms with Crippen LogP contribution < -0.4 is 16.6 Å². The number of aliphatic hydroxyl groups is 2. The van der Waals surface area contributed by atoms with Crippen LogP contribution in [0.4, 0.5) is 5.95 Å². The van der Waals surface area contributed by atoms with Gasteiger partial charge in [0.2, 0.25) is 5.95 Å². The first kappa shape index (κ1) is 14.9. The Balaban J connectivity index is 2.03.